The van der Waals surface area contributed by atoms with Crippen LogP contribution in [0.25, 0.3) is 133 Å². The number of hydrogen-bond donors (Lipinski definition) is 0. The number of hydrogen-bond acceptors (Lipinski definition) is 6. The SMILES string of the molecule is c1ccc(-c2nc(-c3ccc(-c4cccc5c4oc4ccccc45)cc3)nc(-c3cc(-c4ccc5oc6ccccc6c5c4)cc(-c4ccc5oc6ccccc6c5c4)c3)n2)cc1. The molecule has 6 heteroatoms. The lowest BCUT2D eigenvalue weighted by atomic mass is 9.94. The third-order valence-electron chi connectivity index (χ3n) is 12.1. The van der Waals surface area contributed by atoms with Gasteiger partial charge in [0.05, 0.1) is 0 Å². The number of para-hydroxylation sites is 4. The van der Waals surface area contributed by atoms with Crippen LogP contribution in [-0.4, -0.2) is 15.0 Å². The number of nitrogens with zero attached hydrogens (tertiary/aromatic N) is 3. The van der Waals surface area contributed by atoms with Gasteiger partial charge in [0, 0.05) is 54.6 Å². The molecule has 0 unspecified atom stereocenters. The van der Waals surface area contributed by atoms with Gasteiger partial charge in [-0.3, -0.25) is 0 Å². The molecule has 0 fully saturated rings. The van der Waals surface area contributed by atoms with Crippen LogP contribution in [0.2, 0.25) is 0 Å². The summed E-state index contributed by atoms with van der Waals surface area (Å²) in [5.74, 6) is 1.75. The number of aromatic nitrogens is 3. The molecule has 13 aromatic rings. The van der Waals surface area contributed by atoms with E-state index in [9.17, 15) is 0 Å². The molecule has 0 atom stereocenters. The van der Waals surface area contributed by atoms with Crippen LogP contribution in [0.4, 0.5) is 0 Å². The highest BCUT2D eigenvalue weighted by molar-refractivity contribution is 6.10. The second kappa shape index (κ2) is 14.0. The molecule has 4 aromatic heterocycles. The fraction of sp³-hybridized carbons (Fsp3) is 0. The zero-order valence-corrected chi connectivity index (χ0v) is 33.6. The molecule has 0 N–H and O–H groups in total. The molecule has 4 heterocycles. The molecule has 0 bridgehead atoms. The van der Waals surface area contributed by atoms with Gasteiger partial charge in [0.25, 0.3) is 0 Å². The first-order chi connectivity index (χ1) is 31.2. The maximum absolute atomic E-state index is 6.39. The maximum Gasteiger partial charge on any atom is 0.164 e. The summed E-state index contributed by atoms with van der Waals surface area (Å²) in [6.07, 6.45) is 0. The van der Waals surface area contributed by atoms with E-state index in [1.165, 1.54) is 0 Å². The fourth-order valence-electron chi connectivity index (χ4n) is 9.03. The summed E-state index contributed by atoms with van der Waals surface area (Å²) in [5, 5.41) is 6.50. The lowest BCUT2D eigenvalue weighted by molar-refractivity contribution is 0.668. The minimum absolute atomic E-state index is 0.572. The standard InChI is InChI=1S/C57H33N3O3/c1-2-11-35(12-3-1)55-58-56(36-23-21-34(22-24-36)42-16-10-17-46-43-13-4-9-20-51(43)63-54(42)46)60-57(59-55)41-30-39(37-25-27-52-47(32-37)44-14-5-7-18-49(44)61-52)29-40(31-41)38-26-28-53-48(33-38)45-15-6-8-19-50(45)62-53/h1-33H. The Balaban J connectivity index is 0.985. The van der Waals surface area contributed by atoms with Gasteiger partial charge in [0.1, 0.15) is 33.5 Å². The minimum atomic E-state index is 0.572. The van der Waals surface area contributed by atoms with E-state index >= 15 is 0 Å². The third kappa shape index (κ3) is 5.92. The molecule has 6 nitrogen and oxygen atoms in total. The Hall–Kier alpha value is -8.61. The van der Waals surface area contributed by atoms with Crippen LogP contribution in [-0.2, 0) is 0 Å². The van der Waals surface area contributed by atoms with Gasteiger partial charge < -0.3 is 13.3 Å². The van der Waals surface area contributed by atoms with Crippen molar-refractivity contribution in [1.29, 1.82) is 0 Å². The lowest BCUT2D eigenvalue weighted by Crippen LogP contribution is -2.00. The monoisotopic (exact) mass is 807 g/mol. The van der Waals surface area contributed by atoms with Gasteiger partial charge in [-0.1, -0.05) is 140 Å². The van der Waals surface area contributed by atoms with E-state index in [1.54, 1.807) is 0 Å². The van der Waals surface area contributed by atoms with Gasteiger partial charge in [-0.2, -0.15) is 0 Å². The van der Waals surface area contributed by atoms with Crippen LogP contribution in [0, 0.1) is 0 Å². The van der Waals surface area contributed by atoms with E-state index in [1.807, 2.05) is 72.8 Å². The van der Waals surface area contributed by atoms with E-state index in [0.29, 0.717) is 17.5 Å². The number of benzene rings is 9. The molecule has 0 aliphatic carbocycles. The van der Waals surface area contributed by atoms with Crippen molar-refractivity contribution in [2.24, 2.45) is 0 Å². The maximum atomic E-state index is 6.39. The summed E-state index contributed by atoms with van der Waals surface area (Å²) in [4.78, 5) is 15.5. The van der Waals surface area contributed by atoms with Crippen molar-refractivity contribution in [3.05, 3.63) is 200 Å². The van der Waals surface area contributed by atoms with Gasteiger partial charge in [-0.25, -0.2) is 15.0 Å². The van der Waals surface area contributed by atoms with E-state index in [-0.39, 0.29) is 0 Å². The third-order valence-corrected chi connectivity index (χ3v) is 12.1. The Labute approximate surface area is 360 Å². The molecule has 0 saturated heterocycles. The van der Waals surface area contributed by atoms with E-state index in [2.05, 4.69) is 127 Å². The Morgan fingerprint density at radius 1 is 0.238 bits per heavy atom. The zero-order valence-electron chi connectivity index (χ0n) is 33.6. The molecule has 0 amide bonds. The van der Waals surface area contributed by atoms with Crippen molar-refractivity contribution in [1.82, 2.24) is 15.0 Å². The Bertz CT molecular complexity index is 3780. The predicted molar refractivity (Wildman–Crippen MR) is 254 cm³/mol. The average molecular weight is 808 g/mol. The molecular weight excluding hydrogens is 775 g/mol. The molecule has 13 rings (SSSR count). The van der Waals surface area contributed by atoms with Crippen LogP contribution >= 0.6 is 0 Å². The molecule has 0 aliphatic heterocycles. The van der Waals surface area contributed by atoms with Crippen molar-refractivity contribution in [2.75, 3.05) is 0 Å². The van der Waals surface area contributed by atoms with Crippen molar-refractivity contribution >= 4 is 65.8 Å². The summed E-state index contributed by atoms with van der Waals surface area (Å²) in [5.41, 5.74) is 14.1. The molecule has 63 heavy (non-hydrogen) atoms. The minimum Gasteiger partial charge on any atom is -0.456 e. The second-order valence-corrected chi connectivity index (χ2v) is 15.9. The van der Waals surface area contributed by atoms with Crippen LogP contribution in [0.3, 0.4) is 0 Å². The van der Waals surface area contributed by atoms with E-state index < -0.39 is 0 Å². The van der Waals surface area contributed by atoms with Crippen LogP contribution in [0.1, 0.15) is 0 Å². The van der Waals surface area contributed by atoms with Gasteiger partial charge in [-0.05, 0) is 88.5 Å². The number of fused-ring (bicyclic) bond motifs is 9. The lowest BCUT2D eigenvalue weighted by Gasteiger charge is -2.13. The summed E-state index contributed by atoms with van der Waals surface area (Å²) in [6, 6.07) is 68.8. The highest BCUT2D eigenvalue weighted by atomic mass is 16.3. The smallest absolute Gasteiger partial charge is 0.164 e. The highest BCUT2D eigenvalue weighted by Gasteiger charge is 2.18. The first kappa shape index (κ1) is 35.2. The fourth-order valence-corrected chi connectivity index (χ4v) is 9.03. The summed E-state index contributed by atoms with van der Waals surface area (Å²) >= 11 is 0. The first-order valence-electron chi connectivity index (χ1n) is 21.0. The zero-order chi connectivity index (χ0) is 41.4. The Morgan fingerprint density at radius 3 is 1.24 bits per heavy atom. The Kier molecular flexibility index (Phi) is 7.80. The van der Waals surface area contributed by atoms with E-state index in [4.69, 9.17) is 28.2 Å². The van der Waals surface area contributed by atoms with Crippen molar-refractivity contribution < 1.29 is 13.3 Å². The summed E-state index contributed by atoms with van der Waals surface area (Å²) in [6.45, 7) is 0. The summed E-state index contributed by atoms with van der Waals surface area (Å²) in [7, 11) is 0. The van der Waals surface area contributed by atoms with Gasteiger partial charge in [-0.15, -0.1) is 0 Å². The molecule has 294 valence electrons. The van der Waals surface area contributed by atoms with Crippen LogP contribution < -0.4 is 0 Å². The van der Waals surface area contributed by atoms with Gasteiger partial charge in [0.2, 0.25) is 0 Å². The molecule has 0 saturated carbocycles. The topological polar surface area (TPSA) is 78.1 Å². The van der Waals surface area contributed by atoms with Crippen molar-refractivity contribution in [3.8, 4) is 67.5 Å². The highest BCUT2D eigenvalue weighted by Crippen LogP contribution is 2.40. The Morgan fingerprint density at radius 2 is 0.651 bits per heavy atom. The molecule has 9 aromatic carbocycles. The normalized spacial score (nSPS) is 11.8. The second-order valence-electron chi connectivity index (χ2n) is 15.9. The predicted octanol–water partition coefficient (Wildman–Crippen LogP) is 15.6. The number of rotatable bonds is 6. The molecule has 0 aliphatic rings. The largest absolute Gasteiger partial charge is 0.456 e. The molecule has 0 spiro atoms. The van der Waals surface area contributed by atoms with Crippen LogP contribution in [0.15, 0.2) is 213 Å². The number of furan rings is 3. The van der Waals surface area contributed by atoms with Crippen molar-refractivity contribution in [3.63, 3.8) is 0 Å². The van der Waals surface area contributed by atoms with Gasteiger partial charge >= 0.3 is 0 Å². The molecular formula is C57H33N3O3. The summed E-state index contributed by atoms with van der Waals surface area (Å²) < 4.78 is 18.9. The molecule has 0 radical (unpaired) electrons. The van der Waals surface area contributed by atoms with Gasteiger partial charge in [0.15, 0.2) is 17.5 Å². The van der Waals surface area contributed by atoms with Crippen LogP contribution in [0.5, 0.6) is 0 Å². The quantitative estimate of drug-likeness (QED) is 0.166. The van der Waals surface area contributed by atoms with E-state index in [0.717, 1.165) is 116 Å². The first-order valence-corrected chi connectivity index (χ1v) is 21.0. The van der Waals surface area contributed by atoms with Crippen molar-refractivity contribution in [2.45, 2.75) is 0 Å². The average Bonchev–Trinajstić information content (AvgIpc) is 4.05.